The van der Waals surface area contributed by atoms with Crippen molar-refractivity contribution in [1.82, 2.24) is 5.32 Å². The van der Waals surface area contributed by atoms with Crippen molar-refractivity contribution in [3.8, 4) is 0 Å². The zero-order chi connectivity index (χ0) is 13.7. The van der Waals surface area contributed by atoms with E-state index in [-0.39, 0.29) is 24.2 Å². The molecule has 2 atom stereocenters. The summed E-state index contributed by atoms with van der Waals surface area (Å²) in [5.41, 5.74) is 0.464. The molecular weight excluding hydrogens is 309 g/mol. The highest BCUT2D eigenvalue weighted by Gasteiger charge is 2.25. The molecule has 1 aliphatic carbocycles. The van der Waals surface area contributed by atoms with Crippen molar-refractivity contribution < 1.29 is 9.18 Å². The fraction of sp³-hybridized carbons (Fsp3) is 0.533. The van der Waals surface area contributed by atoms with Crippen molar-refractivity contribution in [3.05, 3.63) is 35.6 Å². The summed E-state index contributed by atoms with van der Waals surface area (Å²) in [6.45, 7) is 0. The second kappa shape index (κ2) is 7.04. The molecule has 1 N–H and O–H groups in total. The number of benzene rings is 1. The highest BCUT2D eigenvalue weighted by atomic mass is 79.9. The van der Waals surface area contributed by atoms with Crippen LogP contribution in [0.1, 0.15) is 31.2 Å². The molecule has 0 radical (unpaired) electrons. The lowest BCUT2D eigenvalue weighted by molar-refractivity contribution is -0.121. The molecule has 0 aliphatic heterocycles. The summed E-state index contributed by atoms with van der Waals surface area (Å²) >= 11 is 3.51. The molecule has 0 aromatic heterocycles. The van der Waals surface area contributed by atoms with Crippen molar-refractivity contribution in [3.63, 3.8) is 0 Å². The van der Waals surface area contributed by atoms with Crippen molar-refractivity contribution >= 4 is 21.8 Å². The number of halogens is 2. The molecule has 0 heterocycles. The van der Waals surface area contributed by atoms with Crippen LogP contribution in [0.5, 0.6) is 0 Å². The first-order valence-electron chi connectivity index (χ1n) is 6.79. The third-order valence-electron chi connectivity index (χ3n) is 3.76. The van der Waals surface area contributed by atoms with Gasteiger partial charge in [-0.1, -0.05) is 47.0 Å². The van der Waals surface area contributed by atoms with Gasteiger partial charge in [0.25, 0.3) is 0 Å². The molecule has 1 amide bonds. The highest BCUT2D eigenvalue weighted by molar-refractivity contribution is 9.09. The second-order valence-electron chi connectivity index (χ2n) is 5.14. The molecule has 0 saturated heterocycles. The smallest absolute Gasteiger partial charge is 0.224 e. The lowest BCUT2D eigenvalue weighted by Gasteiger charge is -2.31. The van der Waals surface area contributed by atoms with E-state index in [0.717, 1.165) is 24.6 Å². The van der Waals surface area contributed by atoms with Gasteiger partial charge < -0.3 is 5.32 Å². The molecular formula is C15H19BrFNO. The van der Waals surface area contributed by atoms with E-state index in [4.69, 9.17) is 0 Å². The molecule has 1 aromatic carbocycles. The van der Waals surface area contributed by atoms with Crippen molar-refractivity contribution in [2.75, 3.05) is 5.33 Å². The number of hydrogen-bond acceptors (Lipinski definition) is 1. The van der Waals surface area contributed by atoms with Gasteiger partial charge in [-0.3, -0.25) is 4.79 Å². The normalized spacial score (nSPS) is 23.1. The maximum atomic E-state index is 13.5. The molecule has 1 saturated carbocycles. The minimum atomic E-state index is -0.307. The number of carbonyl (C=O) groups excluding carboxylic acids is 1. The largest absolute Gasteiger partial charge is 0.353 e. The molecule has 0 spiro atoms. The van der Waals surface area contributed by atoms with Crippen LogP contribution in [-0.4, -0.2) is 17.3 Å². The summed E-state index contributed by atoms with van der Waals surface area (Å²) in [4.78, 5) is 12.0. The molecule has 1 aliphatic rings. The van der Waals surface area contributed by atoms with Gasteiger partial charge in [0, 0.05) is 11.4 Å². The third-order valence-corrected chi connectivity index (χ3v) is 4.59. The van der Waals surface area contributed by atoms with E-state index in [1.165, 1.54) is 12.5 Å². The molecule has 2 rings (SSSR count). The maximum absolute atomic E-state index is 13.5. The molecule has 2 unspecified atom stereocenters. The van der Waals surface area contributed by atoms with Crippen molar-refractivity contribution in [2.24, 2.45) is 5.92 Å². The van der Waals surface area contributed by atoms with Gasteiger partial charge in [-0.05, 0) is 30.4 Å². The zero-order valence-electron chi connectivity index (χ0n) is 10.9. The van der Waals surface area contributed by atoms with Crippen LogP contribution < -0.4 is 5.32 Å². The van der Waals surface area contributed by atoms with E-state index >= 15 is 0 Å². The van der Waals surface area contributed by atoms with Gasteiger partial charge >= 0.3 is 0 Å². The summed E-state index contributed by atoms with van der Waals surface area (Å²) in [6.07, 6.45) is 4.69. The fourth-order valence-electron chi connectivity index (χ4n) is 2.65. The predicted molar refractivity (Wildman–Crippen MR) is 77.8 cm³/mol. The first kappa shape index (κ1) is 14.5. The van der Waals surface area contributed by atoms with E-state index in [0.29, 0.717) is 11.5 Å². The molecule has 19 heavy (non-hydrogen) atoms. The second-order valence-corrected chi connectivity index (χ2v) is 5.79. The van der Waals surface area contributed by atoms with Gasteiger partial charge in [-0.2, -0.15) is 0 Å². The van der Waals surface area contributed by atoms with Crippen LogP contribution in [0.3, 0.4) is 0 Å². The van der Waals surface area contributed by atoms with Gasteiger partial charge in [0.15, 0.2) is 0 Å². The van der Waals surface area contributed by atoms with Crippen LogP contribution in [0.2, 0.25) is 0 Å². The number of nitrogens with one attached hydrogen (secondary N) is 1. The minimum absolute atomic E-state index is 0.0806. The number of hydrogen-bond donors (Lipinski definition) is 1. The number of rotatable bonds is 4. The van der Waals surface area contributed by atoms with Crippen LogP contribution in [0.4, 0.5) is 4.39 Å². The van der Waals surface area contributed by atoms with Crippen molar-refractivity contribution in [2.45, 2.75) is 38.1 Å². The average molecular weight is 328 g/mol. The van der Waals surface area contributed by atoms with Crippen LogP contribution >= 0.6 is 15.9 Å². The first-order valence-corrected chi connectivity index (χ1v) is 7.91. The predicted octanol–water partition coefficient (Wildman–Crippen LogP) is 3.44. The van der Waals surface area contributed by atoms with E-state index in [1.807, 2.05) is 0 Å². The van der Waals surface area contributed by atoms with Crippen LogP contribution in [0.25, 0.3) is 0 Å². The quantitative estimate of drug-likeness (QED) is 0.843. The highest BCUT2D eigenvalue weighted by Crippen LogP contribution is 2.26. The third kappa shape index (κ3) is 4.03. The van der Waals surface area contributed by atoms with Gasteiger partial charge in [0.1, 0.15) is 5.82 Å². The van der Waals surface area contributed by atoms with Crippen LogP contribution in [-0.2, 0) is 11.2 Å². The van der Waals surface area contributed by atoms with Crippen molar-refractivity contribution in [1.29, 1.82) is 0 Å². The SMILES string of the molecule is O=C(Cc1ccccc1F)NC1CCCCC1CBr. The Morgan fingerprint density at radius 3 is 2.79 bits per heavy atom. The van der Waals surface area contributed by atoms with Gasteiger partial charge in [-0.25, -0.2) is 4.39 Å². The van der Waals surface area contributed by atoms with E-state index in [1.54, 1.807) is 18.2 Å². The Kier molecular flexibility index (Phi) is 5.37. The Labute approximate surface area is 121 Å². The summed E-state index contributed by atoms with van der Waals surface area (Å²) in [5.74, 6) is 0.111. The fourth-order valence-corrected chi connectivity index (χ4v) is 3.43. The Bertz CT molecular complexity index is 438. The monoisotopic (exact) mass is 327 g/mol. The first-order chi connectivity index (χ1) is 9.20. The van der Waals surface area contributed by atoms with Gasteiger partial charge in [0.2, 0.25) is 5.91 Å². The maximum Gasteiger partial charge on any atom is 0.224 e. The molecule has 1 aromatic rings. The van der Waals surface area contributed by atoms with E-state index < -0.39 is 0 Å². The Morgan fingerprint density at radius 1 is 1.32 bits per heavy atom. The molecule has 4 heteroatoms. The standard InChI is InChI=1S/C15H19BrFNO/c16-10-12-6-2-4-8-14(12)18-15(19)9-11-5-1-3-7-13(11)17/h1,3,5,7,12,14H,2,4,6,8-10H2,(H,18,19). The molecule has 2 nitrogen and oxygen atoms in total. The van der Waals surface area contributed by atoms with E-state index in [2.05, 4.69) is 21.2 Å². The number of alkyl halides is 1. The Hall–Kier alpha value is -0.900. The minimum Gasteiger partial charge on any atom is -0.353 e. The summed E-state index contributed by atoms with van der Waals surface area (Å²) in [7, 11) is 0. The van der Waals surface area contributed by atoms with Crippen LogP contribution in [0, 0.1) is 11.7 Å². The van der Waals surface area contributed by atoms with Gasteiger partial charge in [0.05, 0.1) is 6.42 Å². The number of amides is 1. The topological polar surface area (TPSA) is 29.1 Å². The summed E-state index contributed by atoms with van der Waals surface area (Å²) in [6, 6.07) is 6.68. The molecule has 0 bridgehead atoms. The Morgan fingerprint density at radius 2 is 2.05 bits per heavy atom. The Balaban J connectivity index is 1.92. The lowest BCUT2D eigenvalue weighted by atomic mass is 9.86. The van der Waals surface area contributed by atoms with Crippen LogP contribution in [0.15, 0.2) is 24.3 Å². The number of carbonyl (C=O) groups is 1. The molecule has 1 fully saturated rings. The van der Waals surface area contributed by atoms with Gasteiger partial charge in [-0.15, -0.1) is 0 Å². The summed E-state index contributed by atoms with van der Waals surface area (Å²) in [5, 5.41) is 3.97. The lowest BCUT2D eigenvalue weighted by Crippen LogP contribution is -2.43. The molecule has 104 valence electrons. The summed E-state index contributed by atoms with van der Waals surface area (Å²) < 4.78 is 13.5. The zero-order valence-corrected chi connectivity index (χ0v) is 12.5. The average Bonchev–Trinajstić information content (AvgIpc) is 2.42. The van der Waals surface area contributed by atoms with E-state index in [9.17, 15) is 9.18 Å².